The molecule has 0 bridgehead atoms. The van der Waals surface area contributed by atoms with E-state index in [1.807, 2.05) is 24.3 Å². The van der Waals surface area contributed by atoms with E-state index in [2.05, 4.69) is 22.8 Å². The van der Waals surface area contributed by atoms with Gasteiger partial charge in [-0.2, -0.15) is 10.5 Å². The molecule has 0 radical (unpaired) electrons. The van der Waals surface area contributed by atoms with Gasteiger partial charge in [0.1, 0.15) is 0 Å². The van der Waals surface area contributed by atoms with Crippen molar-refractivity contribution in [2.24, 2.45) is 0 Å². The van der Waals surface area contributed by atoms with Crippen LogP contribution in [0.25, 0.3) is 0 Å². The van der Waals surface area contributed by atoms with E-state index in [0.717, 1.165) is 22.3 Å². The molecule has 2 amide bonds. The molecule has 2 saturated carbocycles. The maximum absolute atomic E-state index is 12.5. The van der Waals surface area contributed by atoms with Crippen LogP contribution in [-0.4, -0.2) is 34.0 Å². The van der Waals surface area contributed by atoms with E-state index in [1.165, 1.54) is 12.1 Å². The Morgan fingerprint density at radius 1 is 0.630 bits per heavy atom. The molecule has 10 nitrogen and oxygen atoms in total. The van der Waals surface area contributed by atoms with E-state index in [-0.39, 0.29) is 34.8 Å². The van der Waals surface area contributed by atoms with Crippen molar-refractivity contribution in [3.63, 3.8) is 0 Å². The number of carbonyl (C=O) groups is 4. The Bertz CT molecular complexity index is 1940. The van der Waals surface area contributed by atoms with Gasteiger partial charge >= 0.3 is 11.9 Å². The predicted octanol–water partition coefficient (Wildman–Crippen LogP) is 5.27. The van der Waals surface area contributed by atoms with Gasteiger partial charge in [-0.1, -0.05) is 24.3 Å². The first kappa shape index (κ1) is 28.5. The Labute approximate surface area is 262 Å². The number of amides is 2. The Balaban J connectivity index is 0.000000147. The third-order valence-corrected chi connectivity index (χ3v) is 9.61. The van der Waals surface area contributed by atoms with Crippen LogP contribution in [0.4, 0.5) is 11.4 Å². The molecule has 0 unspecified atom stereocenters. The summed E-state index contributed by atoms with van der Waals surface area (Å²) in [4.78, 5) is 47.4. The summed E-state index contributed by atoms with van der Waals surface area (Å²) in [5.41, 5.74) is 5.07. The van der Waals surface area contributed by atoms with E-state index in [9.17, 15) is 29.4 Å². The number of nitrogens with one attached hydrogen (secondary N) is 2. The van der Waals surface area contributed by atoms with Gasteiger partial charge < -0.3 is 20.8 Å². The lowest BCUT2D eigenvalue weighted by Crippen LogP contribution is -2.21. The molecule has 4 aliphatic rings. The van der Waals surface area contributed by atoms with E-state index >= 15 is 0 Å². The predicted molar refractivity (Wildman–Crippen MR) is 164 cm³/mol. The van der Waals surface area contributed by atoms with Crippen LogP contribution in [0.1, 0.15) is 78.8 Å². The van der Waals surface area contributed by atoms with Gasteiger partial charge in [0.15, 0.2) is 0 Å². The highest BCUT2D eigenvalue weighted by Crippen LogP contribution is 2.66. The van der Waals surface area contributed by atoms with Crippen LogP contribution in [-0.2, 0) is 20.4 Å². The highest BCUT2D eigenvalue weighted by molar-refractivity contribution is 6.11. The zero-order valence-corrected chi connectivity index (χ0v) is 24.1. The molecule has 0 saturated heterocycles. The van der Waals surface area contributed by atoms with Gasteiger partial charge in [0, 0.05) is 23.2 Å². The minimum absolute atomic E-state index is 0.0144. The molecule has 2 aliphatic heterocycles. The number of hydrogen-bond acceptors (Lipinski definition) is 6. The zero-order chi connectivity index (χ0) is 32.4. The van der Waals surface area contributed by atoms with Crippen molar-refractivity contribution in [3.8, 4) is 12.1 Å². The molecule has 2 spiro atoms. The first-order valence-electron chi connectivity index (χ1n) is 14.5. The van der Waals surface area contributed by atoms with Gasteiger partial charge in [0.25, 0.3) is 0 Å². The van der Waals surface area contributed by atoms with Gasteiger partial charge in [-0.15, -0.1) is 0 Å². The summed E-state index contributed by atoms with van der Waals surface area (Å²) in [5, 5.41) is 41.8. The summed E-state index contributed by atoms with van der Waals surface area (Å²) in [6.45, 7) is 0. The standard InChI is InChI=1S/2C18H12N2O3/c2*19-9-10-1-3-11(4-2-10)14-8-18(14)13-7-12(16(21)22)5-6-15(13)20-17(18)23/h2*1-7,14H,8H2,(H,20,23)(H,21,22)/t2*14-,18+/m10/s1. The minimum atomic E-state index is -1.00. The van der Waals surface area contributed by atoms with Gasteiger partial charge in [-0.25, -0.2) is 9.59 Å². The highest BCUT2D eigenvalue weighted by Gasteiger charge is 2.66. The van der Waals surface area contributed by atoms with Gasteiger partial charge in [0.05, 0.1) is 45.2 Å². The molecule has 46 heavy (non-hydrogen) atoms. The van der Waals surface area contributed by atoms with Crippen LogP contribution in [0.15, 0.2) is 84.9 Å². The van der Waals surface area contributed by atoms with Crippen molar-refractivity contribution in [1.29, 1.82) is 10.5 Å². The van der Waals surface area contributed by atoms with Gasteiger partial charge in [0.2, 0.25) is 11.8 Å². The summed E-state index contributed by atoms with van der Waals surface area (Å²) in [6.07, 6.45) is 1.31. The second-order valence-corrected chi connectivity index (χ2v) is 12.0. The molecule has 10 heteroatoms. The van der Waals surface area contributed by atoms with Gasteiger partial charge in [-0.05, 0) is 95.8 Å². The number of aromatic carboxylic acids is 2. The average Bonchev–Trinajstić information content (AvgIpc) is 3.95. The molecule has 0 aromatic heterocycles. The largest absolute Gasteiger partial charge is 0.478 e. The molecule has 2 fully saturated rings. The quantitative estimate of drug-likeness (QED) is 0.242. The summed E-state index contributed by atoms with van der Waals surface area (Å²) < 4.78 is 0. The first-order valence-corrected chi connectivity index (χ1v) is 14.5. The first-order chi connectivity index (χ1) is 22.1. The fraction of sp³-hybridized carbons (Fsp3) is 0.167. The number of benzene rings is 4. The summed E-state index contributed by atoms with van der Waals surface area (Å²) in [6, 6.07) is 28.1. The number of carboxylic acids is 2. The molecule has 2 heterocycles. The molecule has 4 atom stereocenters. The van der Waals surface area contributed by atoms with Crippen molar-refractivity contribution < 1.29 is 29.4 Å². The van der Waals surface area contributed by atoms with E-state index in [1.54, 1.807) is 48.5 Å². The smallest absolute Gasteiger partial charge is 0.335 e. The number of rotatable bonds is 4. The third kappa shape index (κ3) is 4.23. The number of anilines is 2. The van der Waals surface area contributed by atoms with Crippen LogP contribution in [0.3, 0.4) is 0 Å². The molecule has 4 aromatic carbocycles. The summed E-state index contributed by atoms with van der Waals surface area (Å²) in [7, 11) is 0. The fourth-order valence-electron chi connectivity index (χ4n) is 7.03. The summed E-state index contributed by atoms with van der Waals surface area (Å²) >= 11 is 0. The Morgan fingerprint density at radius 2 is 1.00 bits per heavy atom. The number of hydrogen-bond donors (Lipinski definition) is 4. The van der Waals surface area contributed by atoms with Crippen molar-refractivity contribution in [2.45, 2.75) is 35.5 Å². The van der Waals surface area contributed by atoms with E-state index in [0.29, 0.717) is 35.3 Å². The Morgan fingerprint density at radius 3 is 1.33 bits per heavy atom. The van der Waals surface area contributed by atoms with Crippen molar-refractivity contribution in [3.05, 3.63) is 129 Å². The van der Waals surface area contributed by atoms with Crippen molar-refractivity contribution in [2.75, 3.05) is 10.6 Å². The number of nitrogens with zero attached hydrogens (tertiary/aromatic N) is 2. The highest BCUT2D eigenvalue weighted by atomic mass is 16.4. The SMILES string of the molecule is N#Cc1ccc([C@@H]2C[C@]23C(=O)Nc2ccc(C(=O)O)cc23)cc1.N#Cc1ccc([C@H]2C[C@@]23C(=O)Nc2ccc(C(=O)O)cc23)cc1. The van der Waals surface area contributed by atoms with Crippen LogP contribution >= 0.6 is 0 Å². The number of carbonyl (C=O) groups excluding carboxylic acids is 2. The monoisotopic (exact) mass is 608 g/mol. The number of carboxylic acid groups (broad SMARTS) is 2. The number of nitriles is 2. The van der Waals surface area contributed by atoms with Crippen LogP contribution < -0.4 is 10.6 Å². The molecule has 8 rings (SSSR count). The molecule has 224 valence electrons. The molecular weight excluding hydrogens is 584 g/mol. The minimum Gasteiger partial charge on any atom is -0.478 e. The maximum atomic E-state index is 12.5. The van der Waals surface area contributed by atoms with E-state index < -0.39 is 22.8 Å². The Kier molecular flexibility index (Phi) is 6.29. The lowest BCUT2D eigenvalue weighted by molar-refractivity contribution is -0.118. The Hall–Kier alpha value is -6.26. The van der Waals surface area contributed by atoms with Crippen LogP contribution in [0.5, 0.6) is 0 Å². The zero-order valence-electron chi connectivity index (χ0n) is 24.1. The fourth-order valence-corrected chi connectivity index (χ4v) is 7.03. The lowest BCUT2D eigenvalue weighted by Gasteiger charge is -2.09. The second kappa shape index (κ2) is 10.1. The van der Waals surface area contributed by atoms with Gasteiger partial charge in [-0.3, -0.25) is 9.59 Å². The van der Waals surface area contributed by atoms with Crippen LogP contribution in [0, 0.1) is 22.7 Å². The molecule has 4 N–H and O–H groups in total. The molecule has 2 aliphatic carbocycles. The van der Waals surface area contributed by atoms with Crippen molar-refractivity contribution >= 4 is 35.1 Å². The van der Waals surface area contributed by atoms with Crippen LogP contribution in [0.2, 0.25) is 0 Å². The molecule has 4 aromatic rings. The van der Waals surface area contributed by atoms with E-state index in [4.69, 9.17) is 10.5 Å². The topological polar surface area (TPSA) is 180 Å². The third-order valence-electron chi connectivity index (χ3n) is 9.61. The second-order valence-electron chi connectivity index (χ2n) is 12.0. The van der Waals surface area contributed by atoms with Crippen molar-refractivity contribution in [1.82, 2.24) is 0 Å². The normalized spacial score (nSPS) is 24.0. The number of fused-ring (bicyclic) bond motifs is 4. The molecular formula is C36H24N4O6. The maximum Gasteiger partial charge on any atom is 0.335 e. The summed E-state index contributed by atoms with van der Waals surface area (Å²) in [5.74, 6) is -2.13. The average molecular weight is 609 g/mol. The lowest BCUT2D eigenvalue weighted by atomic mass is 9.91.